The topological polar surface area (TPSA) is 12.0 Å². The molecule has 0 radical (unpaired) electrons. The summed E-state index contributed by atoms with van der Waals surface area (Å²) in [6.45, 7) is 0. The van der Waals surface area contributed by atoms with Crippen molar-refractivity contribution in [3.05, 3.63) is 34.3 Å². The summed E-state index contributed by atoms with van der Waals surface area (Å²) in [7, 11) is 2.11. The van der Waals surface area contributed by atoms with Crippen LogP contribution in [0.2, 0.25) is 0 Å². The molecule has 0 aliphatic heterocycles. The second kappa shape index (κ2) is 6.55. The molecule has 1 saturated carbocycles. The van der Waals surface area contributed by atoms with Crippen molar-refractivity contribution in [2.24, 2.45) is 5.92 Å². The van der Waals surface area contributed by atoms with Gasteiger partial charge in [-0.15, -0.1) is 0 Å². The van der Waals surface area contributed by atoms with Crippen LogP contribution < -0.4 is 5.32 Å². The van der Waals surface area contributed by atoms with Crippen molar-refractivity contribution < 1.29 is 0 Å². The summed E-state index contributed by atoms with van der Waals surface area (Å²) < 4.78 is 1.26. The molecular formula is C15H22BrN. The third-order valence-corrected chi connectivity index (χ3v) is 4.80. The lowest BCUT2D eigenvalue weighted by molar-refractivity contribution is 0.260. The Morgan fingerprint density at radius 1 is 1.24 bits per heavy atom. The first-order valence-electron chi connectivity index (χ1n) is 6.72. The van der Waals surface area contributed by atoms with E-state index in [4.69, 9.17) is 0 Å². The van der Waals surface area contributed by atoms with E-state index in [2.05, 4.69) is 52.6 Å². The van der Waals surface area contributed by atoms with E-state index in [1.807, 2.05) is 0 Å². The molecule has 2 rings (SSSR count). The average Bonchev–Trinajstić information content (AvgIpc) is 2.38. The average molecular weight is 296 g/mol. The molecule has 1 nitrogen and oxygen atoms in total. The fraction of sp³-hybridized carbons (Fsp3) is 0.600. The lowest BCUT2D eigenvalue weighted by atomic mass is 9.81. The number of hydrogen-bond donors (Lipinski definition) is 1. The van der Waals surface area contributed by atoms with Gasteiger partial charge in [0.15, 0.2) is 0 Å². The highest BCUT2D eigenvalue weighted by atomic mass is 79.9. The Kier molecular flexibility index (Phi) is 5.05. The van der Waals surface area contributed by atoms with Crippen LogP contribution in [0.5, 0.6) is 0 Å². The van der Waals surface area contributed by atoms with Crippen molar-refractivity contribution in [3.63, 3.8) is 0 Å². The second-order valence-electron chi connectivity index (χ2n) is 5.07. The molecule has 0 bridgehead atoms. The maximum Gasteiger partial charge on any atom is 0.0207 e. The van der Waals surface area contributed by atoms with Crippen LogP contribution in [-0.2, 0) is 6.42 Å². The minimum atomic E-state index is 0.742. The van der Waals surface area contributed by atoms with Gasteiger partial charge in [-0.3, -0.25) is 0 Å². The quantitative estimate of drug-likeness (QED) is 0.879. The maximum absolute atomic E-state index is 3.64. The Morgan fingerprint density at radius 3 is 2.76 bits per heavy atom. The van der Waals surface area contributed by atoms with Gasteiger partial charge in [0.05, 0.1) is 0 Å². The molecule has 1 aliphatic rings. The Labute approximate surface area is 113 Å². The third-order valence-electron chi connectivity index (χ3n) is 4.02. The number of benzene rings is 1. The Bertz CT molecular complexity index is 351. The molecule has 1 aromatic carbocycles. The molecule has 2 heteroatoms. The van der Waals surface area contributed by atoms with Crippen LogP contribution in [0.1, 0.15) is 37.7 Å². The lowest BCUT2D eigenvalue weighted by Gasteiger charge is -2.31. The fourth-order valence-corrected chi connectivity index (χ4v) is 3.46. The summed E-state index contributed by atoms with van der Waals surface area (Å²) in [5, 5.41) is 3.49. The van der Waals surface area contributed by atoms with Crippen molar-refractivity contribution in [1.82, 2.24) is 5.32 Å². The molecule has 1 aromatic rings. The number of nitrogens with one attached hydrogen (secondary N) is 1. The maximum atomic E-state index is 3.64. The summed E-state index contributed by atoms with van der Waals surface area (Å²) in [5.41, 5.74) is 1.45. The predicted octanol–water partition coefficient (Wildman–Crippen LogP) is 4.16. The molecule has 0 saturated heterocycles. The molecule has 0 amide bonds. The largest absolute Gasteiger partial charge is 0.317 e. The monoisotopic (exact) mass is 295 g/mol. The first kappa shape index (κ1) is 13.1. The Morgan fingerprint density at radius 2 is 2.00 bits per heavy atom. The van der Waals surface area contributed by atoms with E-state index < -0.39 is 0 Å². The molecule has 1 N–H and O–H groups in total. The van der Waals surface area contributed by atoms with Gasteiger partial charge in [-0.25, -0.2) is 0 Å². The van der Waals surface area contributed by atoms with E-state index in [9.17, 15) is 0 Å². The van der Waals surface area contributed by atoms with Gasteiger partial charge in [0.1, 0.15) is 0 Å². The zero-order chi connectivity index (χ0) is 12.1. The smallest absolute Gasteiger partial charge is 0.0207 e. The van der Waals surface area contributed by atoms with Gasteiger partial charge < -0.3 is 5.32 Å². The van der Waals surface area contributed by atoms with Gasteiger partial charge in [0.2, 0.25) is 0 Å². The minimum Gasteiger partial charge on any atom is -0.317 e. The summed E-state index contributed by atoms with van der Waals surface area (Å²) in [4.78, 5) is 0. The molecule has 0 aromatic heterocycles. The van der Waals surface area contributed by atoms with Gasteiger partial charge in [-0.05, 0) is 50.3 Å². The van der Waals surface area contributed by atoms with Crippen LogP contribution in [0, 0.1) is 5.92 Å². The molecule has 1 aliphatic carbocycles. The van der Waals surface area contributed by atoms with Gasteiger partial charge in [0, 0.05) is 10.5 Å². The zero-order valence-electron chi connectivity index (χ0n) is 10.6. The second-order valence-corrected chi connectivity index (χ2v) is 5.92. The van der Waals surface area contributed by atoms with Crippen molar-refractivity contribution >= 4 is 15.9 Å². The van der Waals surface area contributed by atoms with Crippen LogP contribution in [0.3, 0.4) is 0 Å². The van der Waals surface area contributed by atoms with Gasteiger partial charge in [0.25, 0.3) is 0 Å². The van der Waals surface area contributed by atoms with Gasteiger partial charge >= 0.3 is 0 Å². The van der Waals surface area contributed by atoms with E-state index in [-0.39, 0.29) is 0 Å². The fourth-order valence-electron chi connectivity index (χ4n) is 2.98. The molecule has 0 heterocycles. The molecular weight excluding hydrogens is 274 g/mol. The summed E-state index contributed by atoms with van der Waals surface area (Å²) in [5.74, 6) is 0.862. The van der Waals surface area contributed by atoms with E-state index in [1.54, 1.807) is 0 Å². The Hall–Kier alpha value is -0.340. The molecule has 17 heavy (non-hydrogen) atoms. The highest BCUT2D eigenvalue weighted by Crippen LogP contribution is 2.29. The summed E-state index contributed by atoms with van der Waals surface area (Å²) in [6.07, 6.45) is 8.08. The van der Waals surface area contributed by atoms with E-state index >= 15 is 0 Å². The molecule has 94 valence electrons. The van der Waals surface area contributed by atoms with Crippen molar-refractivity contribution in [1.29, 1.82) is 0 Å². The molecule has 2 atom stereocenters. The standard InChI is InChI=1S/C15H22BrN/c1-17-15-9-5-3-7-13(15)11-10-12-6-2-4-8-14(12)16/h2,4,6,8,13,15,17H,3,5,7,9-11H2,1H3. The lowest BCUT2D eigenvalue weighted by Crippen LogP contribution is -2.36. The highest BCUT2D eigenvalue weighted by molar-refractivity contribution is 9.10. The molecule has 0 spiro atoms. The SMILES string of the molecule is CNC1CCCCC1CCc1ccccc1Br. The van der Waals surface area contributed by atoms with Crippen LogP contribution in [0.25, 0.3) is 0 Å². The normalized spacial score (nSPS) is 24.8. The van der Waals surface area contributed by atoms with Crippen molar-refractivity contribution in [2.45, 2.75) is 44.6 Å². The zero-order valence-corrected chi connectivity index (χ0v) is 12.2. The first-order valence-corrected chi connectivity index (χ1v) is 7.51. The predicted molar refractivity (Wildman–Crippen MR) is 77.3 cm³/mol. The van der Waals surface area contributed by atoms with E-state index in [0.29, 0.717) is 0 Å². The van der Waals surface area contributed by atoms with Gasteiger partial charge in [-0.2, -0.15) is 0 Å². The van der Waals surface area contributed by atoms with Crippen molar-refractivity contribution in [2.75, 3.05) is 7.05 Å². The molecule has 2 unspecified atom stereocenters. The number of aryl methyl sites for hydroxylation is 1. The number of rotatable bonds is 4. The summed E-state index contributed by atoms with van der Waals surface area (Å²) in [6, 6.07) is 9.35. The van der Waals surface area contributed by atoms with Gasteiger partial charge in [-0.1, -0.05) is 47.0 Å². The van der Waals surface area contributed by atoms with Crippen LogP contribution >= 0.6 is 15.9 Å². The van der Waals surface area contributed by atoms with Crippen LogP contribution in [0.15, 0.2) is 28.7 Å². The summed E-state index contributed by atoms with van der Waals surface area (Å²) >= 11 is 3.64. The van der Waals surface area contributed by atoms with Crippen LogP contribution in [-0.4, -0.2) is 13.1 Å². The Balaban J connectivity index is 1.90. The van der Waals surface area contributed by atoms with Crippen LogP contribution in [0.4, 0.5) is 0 Å². The van der Waals surface area contributed by atoms with Crippen molar-refractivity contribution in [3.8, 4) is 0 Å². The first-order chi connectivity index (χ1) is 8.31. The molecule has 1 fully saturated rings. The van der Waals surface area contributed by atoms with E-state index in [1.165, 1.54) is 48.6 Å². The highest BCUT2D eigenvalue weighted by Gasteiger charge is 2.23. The number of halogens is 1. The minimum absolute atomic E-state index is 0.742. The number of hydrogen-bond acceptors (Lipinski definition) is 1. The third kappa shape index (κ3) is 3.56. The van der Waals surface area contributed by atoms with E-state index in [0.717, 1.165) is 12.0 Å².